The molecule has 12 atom stereocenters. The second-order valence-electron chi connectivity index (χ2n) is 19.5. The molecule has 4 saturated carbocycles. The van der Waals surface area contributed by atoms with Crippen LogP contribution in [-0.4, -0.2) is 70.9 Å². The van der Waals surface area contributed by atoms with Crippen LogP contribution in [0.4, 0.5) is 0 Å². The van der Waals surface area contributed by atoms with E-state index in [-0.39, 0.29) is 47.8 Å². The fourth-order valence-electron chi connectivity index (χ4n) is 12.0. The largest absolute Gasteiger partial charge is 0.462 e. The maximum absolute atomic E-state index is 13.2. The van der Waals surface area contributed by atoms with E-state index >= 15 is 0 Å². The Morgan fingerprint density at radius 2 is 1.27 bits per heavy atom. The van der Waals surface area contributed by atoms with E-state index in [1.165, 1.54) is 0 Å². The van der Waals surface area contributed by atoms with Gasteiger partial charge in [-0.2, -0.15) is 0 Å². The number of fused-ring (bicyclic) bond motifs is 2. The molecule has 3 unspecified atom stereocenters. The summed E-state index contributed by atoms with van der Waals surface area (Å²) in [6.45, 7) is 27.7. The van der Waals surface area contributed by atoms with Crippen LogP contribution in [0.15, 0.2) is 47.6 Å². The lowest BCUT2D eigenvalue weighted by Crippen LogP contribution is -2.71. The number of carbonyl (C=O) groups excluding carboxylic acids is 3. The summed E-state index contributed by atoms with van der Waals surface area (Å²) >= 11 is 0. The van der Waals surface area contributed by atoms with Crippen molar-refractivity contribution in [3.05, 3.63) is 47.6 Å². The minimum absolute atomic E-state index is 0.0671. The first-order valence-electron chi connectivity index (χ1n) is 20.6. The Kier molecular flexibility index (Phi) is 13.3. The highest BCUT2D eigenvalue weighted by molar-refractivity contribution is 5.88. The average Bonchev–Trinajstić information content (AvgIpc) is 3.13. The van der Waals surface area contributed by atoms with Crippen molar-refractivity contribution in [2.75, 3.05) is 13.2 Å². The van der Waals surface area contributed by atoms with Gasteiger partial charge in [0.05, 0.1) is 24.2 Å². The predicted octanol–water partition coefficient (Wildman–Crippen LogP) is 8.21. The van der Waals surface area contributed by atoms with Crippen LogP contribution in [-0.2, 0) is 28.6 Å². The van der Waals surface area contributed by atoms with Crippen molar-refractivity contribution in [3.8, 4) is 0 Å². The standard InChI is InChI=1S/C46H72O9/c1-14-18-33-43(11)21-20-34(47)44(12,26-53-38(50)28(5)15-2)32(43)19-22-45(33,13)42(10)24-31-23-41(8,9)37(55-40(52)30(7)17-4)36(49)46(31,35(48)25-42)27-54-39(51)29(6)16-3/h14-17,31-37,47-49H,1,18-27H2,2-13H3/b28-15+,29-16+,30-17+/t31?,32?,33?,34-,35+,36-,37-,42-,43-,44+,45+,46-/m0/s1. The summed E-state index contributed by atoms with van der Waals surface area (Å²) in [7, 11) is 0. The molecule has 310 valence electrons. The van der Waals surface area contributed by atoms with E-state index in [1.807, 2.05) is 26.8 Å². The highest BCUT2D eigenvalue weighted by Crippen LogP contribution is 2.73. The molecule has 0 radical (unpaired) electrons. The molecule has 0 heterocycles. The maximum atomic E-state index is 13.2. The lowest BCUT2D eigenvalue weighted by Gasteiger charge is -2.70. The zero-order chi connectivity index (χ0) is 41.5. The number of hydrogen-bond donors (Lipinski definition) is 3. The van der Waals surface area contributed by atoms with Crippen LogP contribution >= 0.6 is 0 Å². The van der Waals surface area contributed by atoms with E-state index in [0.717, 1.165) is 25.7 Å². The zero-order valence-electron chi connectivity index (χ0n) is 35.9. The van der Waals surface area contributed by atoms with Gasteiger partial charge in [0.1, 0.15) is 18.8 Å². The SMILES string of the molecule is C=CCC1[C@@]2(C)CC[C@H](O)[C@](C)(COC(=O)/C(C)=C/C)C2CC[C@@]1(C)[C@@]1(C)CC2CC(C)(C)[C@@H](OC(=O)/C(C)=C/C)[C@H](O)[C@]2(COC(=O)/C(C)=C/C)[C@H](O)C1. The van der Waals surface area contributed by atoms with Gasteiger partial charge in [0.2, 0.25) is 0 Å². The van der Waals surface area contributed by atoms with Crippen LogP contribution in [0.25, 0.3) is 0 Å². The average molecular weight is 769 g/mol. The van der Waals surface area contributed by atoms with Gasteiger partial charge < -0.3 is 29.5 Å². The van der Waals surface area contributed by atoms with Crippen molar-refractivity contribution >= 4 is 17.9 Å². The summed E-state index contributed by atoms with van der Waals surface area (Å²) in [5, 5.41) is 36.8. The summed E-state index contributed by atoms with van der Waals surface area (Å²) in [6, 6.07) is 0. The first-order valence-corrected chi connectivity index (χ1v) is 20.6. The molecule has 0 aromatic heterocycles. The molecule has 4 aliphatic carbocycles. The Balaban J connectivity index is 1.78. The molecule has 9 nitrogen and oxygen atoms in total. The van der Waals surface area contributed by atoms with Crippen LogP contribution < -0.4 is 0 Å². The van der Waals surface area contributed by atoms with Crippen LogP contribution in [0, 0.1) is 50.2 Å². The van der Waals surface area contributed by atoms with Crippen molar-refractivity contribution in [1.29, 1.82) is 0 Å². The molecule has 0 bridgehead atoms. The first-order chi connectivity index (χ1) is 25.5. The lowest BCUT2D eigenvalue weighted by atomic mass is 9.35. The third-order valence-electron chi connectivity index (χ3n) is 16.2. The number of esters is 3. The highest BCUT2D eigenvalue weighted by atomic mass is 16.6. The molecular formula is C46H72O9. The molecule has 0 amide bonds. The molecule has 9 heteroatoms. The van der Waals surface area contributed by atoms with E-state index in [4.69, 9.17) is 14.2 Å². The Hall–Kier alpha value is -2.75. The minimum Gasteiger partial charge on any atom is -0.462 e. The van der Waals surface area contributed by atoms with Crippen molar-refractivity contribution in [2.24, 2.45) is 50.2 Å². The monoisotopic (exact) mass is 769 g/mol. The Bertz CT molecular complexity index is 1570. The second-order valence-corrected chi connectivity index (χ2v) is 19.5. The Labute approximate surface area is 331 Å². The molecule has 0 aromatic rings. The van der Waals surface area contributed by atoms with Gasteiger partial charge in [-0.1, -0.05) is 65.8 Å². The predicted molar refractivity (Wildman–Crippen MR) is 214 cm³/mol. The summed E-state index contributed by atoms with van der Waals surface area (Å²) < 4.78 is 17.9. The quantitative estimate of drug-likeness (QED) is 0.0822. The summed E-state index contributed by atoms with van der Waals surface area (Å²) in [4.78, 5) is 39.1. The van der Waals surface area contributed by atoms with Crippen LogP contribution in [0.3, 0.4) is 0 Å². The Morgan fingerprint density at radius 3 is 1.82 bits per heavy atom. The molecule has 0 spiro atoms. The third kappa shape index (κ3) is 7.56. The normalized spacial score (nSPS) is 42.0. The summed E-state index contributed by atoms with van der Waals surface area (Å²) in [5.41, 5.74) is -2.16. The van der Waals surface area contributed by atoms with Crippen LogP contribution in [0.2, 0.25) is 0 Å². The maximum Gasteiger partial charge on any atom is 0.333 e. The van der Waals surface area contributed by atoms with Crippen molar-refractivity contribution < 1.29 is 43.9 Å². The molecule has 0 saturated heterocycles. The topological polar surface area (TPSA) is 140 Å². The smallest absolute Gasteiger partial charge is 0.333 e. The van der Waals surface area contributed by atoms with E-state index in [9.17, 15) is 29.7 Å². The number of hydrogen-bond acceptors (Lipinski definition) is 9. The highest BCUT2D eigenvalue weighted by Gasteiger charge is 2.71. The van der Waals surface area contributed by atoms with E-state index < -0.39 is 58.0 Å². The van der Waals surface area contributed by atoms with Gasteiger partial charge in [-0.05, 0) is 127 Å². The first kappa shape index (κ1) is 45.0. The minimum atomic E-state index is -1.30. The van der Waals surface area contributed by atoms with E-state index in [1.54, 1.807) is 52.8 Å². The number of rotatable bonds is 11. The van der Waals surface area contributed by atoms with Crippen molar-refractivity contribution in [3.63, 3.8) is 0 Å². The molecule has 4 aliphatic rings. The van der Waals surface area contributed by atoms with Crippen LogP contribution in [0.1, 0.15) is 134 Å². The van der Waals surface area contributed by atoms with Gasteiger partial charge in [-0.3, -0.25) is 0 Å². The Morgan fingerprint density at radius 1 is 0.727 bits per heavy atom. The number of aliphatic hydroxyl groups excluding tert-OH is 3. The summed E-state index contributed by atoms with van der Waals surface area (Å²) in [5.74, 6) is -1.48. The van der Waals surface area contributed by atoms with Crippen molar-refractivity contribution in [1.82, 2.24) is 0 Å². The molecule has 0 aromatic carbocycles. The zero-order valence-corrected chi connectivity index (χ0v) is 35.9. The summed E-state index contributed by atoms with van der Waals surface area (Å²) in [6.07, 6.45) is 8.46. The molecule has 0 aliphatic heterocycles. The molecule has 4 fully saturated rings. The molecule has 55 heavy (non-hydrogen) atoms. The second kappa shape index (κ2) is 16.2. The van der Waals surface area contributed by atoms with Gasteiger partial charge in [-0.25, -0.2) is 14.4 Å². The molecular weight excluding hydrogens is 696 g/mol. The van der Waals surface area contributed by atoms with E-state index in [0.29, 0.717) is 42.4 Å². The van der Waals surface area contributed by atoms with Gasteiger partial charge in [-0.15, -0.1) is 6.58 Å². The number of aliphatic hydroxyl groups is 3. The van der Waals surface area contributed by atoms with Crippen molar-refractivity contribution in [2.45, 2.75) is 159 Å². The molecule has 4 rings (SSSR count). The van der Waals surface area contributed by atoms with Gasteiger partial charge in [0.25, 0.3) is 0 Å². The number of ether oxygens (including phenoxy) is 3. The fourth-order valence-corrected chi connectivity index (χ4v) is 12.0. The van der Waals surface area contributed by atoms with E-state index in [2.05, 4.69) is 34.3 Å². The van der Waals surface area contributed by atoms with Gasteiger partial charge in [0, 0.05) is 27.5 Å². The molecule has 3 N–H and O–H groups in total. The number of carbonyl (C=O) groups is 3. The third-order valence-corrected chi connectivity index (χ3v) is 16.2. The fraction of sp³-hybridized carbons (Fsp3) is 0.761. The van der Waals surface area contributed by atoms with Gasteiger partial charge in [0.15, 0.2) is 0 Å². The van der Waals surface area contributed by atoms with Crippen LogP contribution in [0.5, 0.6) is 0 Å². The number of allylic oxidation sites excluding steroid dienone is 4. The lowest BCUT2D eigenvalue weighted by molar-refractivity contribution is -0.279. The van der Waals surface area contributed by atoms with Gasteiger partial charge >= 0.3 is 17.9 Å².